The van der Waals surface area contributed by atoms with Crippen LogP contribution in [0.15, 0.2) is 0 Å². The molecule has 3 nitrogen and oxygen atoms in total. The van der Waals surface area contributed by atoms with Gasteiger partial charge in [-0.25, -0.2) is 0 Å². The second-order valence-electron chi connectivity index (χ2n) is 7.90. The van der Waals surface area contributed by atoms with Crippen molar-refractivity contribution < 1.29 is 13.6 Å². The number of unbranched alkanes of at least 4 members (excludes halogenated alkanes) is 15. The highest BCUT2D eigenvalue weighted by Crippen LogP contribution is 2.14. The van der Waals surface area contributed by atoms with Gasteiger partial charge in [0.25, 0.3) is 0 Å². The van der Waals surface area contributed by atoms with Crippen molar-refractivity contribution in [2.45, 2.75) is 116 Å². The number of ether oxygens (including phenoxy) is 1. The molecule has 0 saturated carbocycles. The van der Waals surface area contributed by atoms with E-state index in [2.05, 4.69) is 6.92 Å². The maximum absolute atomic E-state index is 5.71. The van der Waals surface area contributed by atoms with Crippen LogP contribution in [0.4, 0.5) is 0 Å². The number of hydrogen-bond donors (Lipinski definition) is 0. The summed E-state index contributed by atoms with van der Waals surface area (Å²) in [7, 11) is 1.40. The Balaban J connectivity index is 3.11. The molecule has 0 aliphatic rings. The molecule has 0 aromatic carbocycles. The molecule has 0 rings (SSSR count). The third-order valence-corrected chi connectivity index (χ3v) is 7.83. The van der Waals surface area contributed by atoms with Gasteiger partial charge >= 0.3 is 8.56 Å². The zero-order valence-electron chi connectivity index (χ0n) is 18.5. The van der Waals surface area contributed by atoms with Crippen molar-refractivity contribution in [1.82, 2.24) is 0 Å². The molecule has 4 heteroatoms. The van der Waals surface area contributed by atoms with Gasteiger partial charge in [-0.1, -0.05) is 103 Å². The molecule has 0 radical (unpaired) electrons. The molecule has 0 amide bonds. The van der Waals surface area contributed by atoms with Crippen LogP contribution >= 0.6 is 0 Å². The highest BCUT2D eigenvalue weighted by Gasteiger charge is 2.28. The average Bonchev–Trinajstić information content (AvgIpc) is 2.66. The van der Waals surface area contributed by atoms with E-state index in [1.807, 2.05) is 6.55 Å². The minimum absolute atomic E-state index is 0.638. The van der Waals surface area contributed by atoms with Crippen LogP contribution in [-0.2, 0) is 13.6 Å². The van der Waals surface area contributed by atoms with E-state index in [1.165, 1.54) is 96.3 Å². The van der Waals surface area contributed by atoms with E-state index < -0.39 is 8.56 Å². The highest BCUT2D eigenvalue weighted by molar-refractivity contribution is 6.65. The fourth-order valence-corrected chi connectivity index (χ4v) is 4.13. The van der Waals surface area contributed by atoms with Crippen LogP contribution in [0.5, 0.6) is 0 Å². The molecule has 0 fully saturated rings. The predicted molar refractivity (Wildman–Crippen MR) is 116 cm³/mol. The molecule has 26 heavy (non-hydrogen) atoms. The van der Waals surface area contributed by atoms with Crippen molar-refractivity contribution in [2.75, 3.05) is 27.1 Å². The van der Waals surface area contributed by atoms with E-state index in [1.54, 1.807) is 14.2 Å². The van der Waals surface area contributed by atoms with Crippen LogP contribution in [0.25, 0.3) is 0 Å². The monoisotopic (exact) mass is 388 g/mol. The Hall–Kier alpha value is 0.0969. The first-order valence-electron chi connectivity index (χ1n) is 11.4. The topological polar surface area (TPSA) is 27.7 Å². The zero-order chi connectivity index (χ0) is 19.3. The largest absolute Gasteiger partial charge is 0.396 e. The summed E-state index contributed by atoms with van der Waals surface area (Å²) in [6.45, 7) is 5.17. The SMILES string of the molecule is CCCCCCCCCCCCCCCCCCOC[Si](C)(OC)OC. The van der Waals surface area contributed by atoms with Gasteiger partial charge in [-0.05, 0) is 13.0 Å². The minimum atomic E-state index is -2.03. The molecule has 0 heterocycles. The molecule has 0 unspecified atom stereocenters. The predicted octanol–water partition coefficient (Wildman–Crippen LogP) is 7.17. The van der Waals surface area contributed by atoms with Crippen LogP contribution in [-0.4, -0.2) is 35.6 Å². The van der Waals surface area contributed by atoms with Crippen LogP contribution in [0.2, 0.25) is 6.55 Å². The Labute approximate surface area is 165 Å². The molecule has 0 aliphatic heterocycles. The first-order chi connectivity index (χ1) is 12.7. The summed E-state index contributed by atoms with van der Waals surface area (Å²) in [5, 5.41) is 0. The Morgan fingerprint density at radius 3 is 1.23 bits per heavy atom. The van der Waals surface area contributed by atoms with E-state index in [0.29, 0.717) is 6.23 Å². The lowest BCUT2D eigenvalue weighted by atomic mass is 10.0. The van der Waals surface area contributed by atoms with Gasteiger partial charge in [0.05, 0.1) is 6.23 Å². The second kappa shape index (κ2) is 19.8. The first-order valence-corrected chi connectivity index (χ1v) is 13.9. The fourth-order valence-electron chi connectivity index (χ4n) is 3.21. The molecule has 0 N–H and O–H groups in total. The Kier molecular flexibility index (Phi) is 19.9. The molecular weight excluding hydrogens is 340 g/mol. The quantitative estimate of drug-likeness (QED) is 0.154. The molecule has 0 aromatic rings. The van der Waals surface area contributed by atoms with E-state index in [9.17, 15) is 0 Å². The molecule has 0 spiro atoms. The summed E-state index contributed by atoms with van der Waals surface area (Å²) in [5.74, 6) is 0. The third-order valence-electron chi connectivity index (χ3n) is 5.37. The van der Waals surface area contributed by atoms with Gasteiger partial charge in [0.1, 0.15) is 0 Å². The van der Waals surface area contributed by atoms with Crippen LogP contribution in [0.1, 0.15) is 110 Å². The van der Waals surface area contributed by atoms with Crippen molar-refractivity contribution >= 4 is 8.56 Å². The molecule has 0 bridgehead atoms. The van der Waals surface area contributed by atoms with Crippen LogP contribution in [0.3, 0.4) is 0 Å². The maximum atomic E-state index is 5.71. The van der Waals surface area contributed by atoms with Gasteiger partial charge in [-0.3, -0.25) is 0 Å². The summed E-state index contributed by atoms with van der Waals surface area (Å²) in [4.78, 5) is 0. The van der Waals surface area contributed by atoms with Crippen molar-refractivity contribution in [3.8, 4) is 0 Å². The summed E-state index contributed by atoms with van der Waals surface area (Å²) in [5.41, 5.74) is 0. The molecule has 158 valence electrons. The highest BCUT2D eigenvalue weighted by atomic mass is 28.4. The smallest absolute Gasteiger partial charge is 0.361 e. The van der Waals surface area contributed by atoms with Gasteiger partial charge in [0.2, 0.25) is 0 Å². The van der Waals surface area contributed by atoms with Gasteiger partial charge in [0, 0.05) is 20.8 Å². The van der Waals surface area contributed by atoms with E-state index in [0.717, 1.165) is 13.0 Å². The Morgan fingerprint density at radius 2 is 0.885 bits per heavy atom. The second-order valence-corrected chi connectivity index (χ2v) is 11.3. The molecular formula is C22H48O3Si. The van der Waals surface area contributed by atoms with E-state index in [-0.39, 0.29) is 0 Å². The summed E-state index contributed by atoms with van der Waals surface area (Å²) < 4.78 is 16.5. The molecule has 0 aromatic heterocycles. The van der Waals surface area contributed by atoms with E-state index >= 15 is 0 Å². The third kappa shape index (κ3) is 17.5. The average molecular weight is 389 g/mol. The number of hydrogen-bond acceptors (Lipinski definition) is 3. The van der Waals surface area contributed by atoms with Crippen LogP contribution < -0.4 is 0 Å². The molecule has 0 aliphatic carbocycles. The Bertz CT molecular complexity index is 270. The van der Waals surface area contributed by atoms with Crippen molar-refractivity contribution in [3.63, 3.8) is 0 Å². The summed E-state index contributed by atoms with van der Waals surface area (Å²) in [6, 6.07) is 0. The standard InChI is InChI=1S/C22H48O3Si/c1-5-6-7-8-9-10-11-12-13-14-15-16-17-18-19-20-21-25-22-26(4,23-2)24-3/h5-22H2,1-4H3. The molecule has 0 saturated heterocycles. The van der Waals surface area contributed by atoms with Crippen LogP contribution in [0, 0.1) is 0 Å². The van der Waals surface area contributed by atoms with Crippen molar-refractivity contribution in [2.24, 2.45) is 0 Å². The van der Waals surface area contributed by atoms with E-state index in [4.69, 9.17) is 13.6 Å². The van der Waals surface area contributed by atoms with Crippen molar-refractivity contribution in [1.29, 1.82) is 0 Å². The van der Waals surface area contributed by atoms with Gasteiger partial charge < -0.3 is 13.6 Å². The lowest BCUT2D eigenvalue weighted by molar-refractivity contribution is 0.124. The number of rotatable bonds is 21. The van der Waals surface area contributed by atoms with Gasteiger partial charge in [0.15, 0.2) is 0 Å². The fraction of sp³-hybridized carbons (Fsp3) is 1.00. The summed E-state index contributed by atoms with van der Waals surface area (Å²) in [6.07, 6.45) is 23.1. The normalized spacial score (nSPS) is 12.0. The lowest BCUT2D eigenvalue weighted by Crippen LogP contribution is -2.42. The minimum Gasteiger partial charge on any atom is -0.396 e. The first kappa shape index (κ1) is 26.1. The zero-order valence-corrected chi connectivity index (χ0v) is 19.5. The van der Waals surface area contributed by atoms with Gasteiger partial charge in [-0.2, -0.15) is 0 Å². The van der Waals surface area contributed by atoms with Crippen molar-refractivity contribution in [3.05, 3.63) is 0 Å². The summed E-state index contributed by atoms with van der Waals surface area (Å²) >= 11 is 0. The Morgan fingerprint density at radius 1 is 0.538 bits per heavy atom. The molecule has 0 atom stereocenters. The lowest BCUT2D eigenvalue weighted by Gasteiger charge is -2.22. The van der Waals surface area contributed by atoms with Gasteiger partial charge in [-0.15, -0.1) is 0 Å². The maximum Gasteiger partial charge on any atom is 0.361 e.